The molecule has 100 valence electrons. The summed E-state index contributed by atoms with van der Waals surface area (Å²) in [5.41, 5.74) is 2.50. The van der Waals surface area contributed by atoms with Crippen LogP contribution in [0.3, 0.4) is 0 Å². The van der Waals surface area contributed by atoms with Crippen LogP contribution >= 0.6 is 0 Å². The topological polar surface area (TPSA) is 73.0 Å². The Labute approximate surface area is 110 Å². The van der Waals surface area contributed by atoms with Crippen LogP contribution in [0, 0.1) is 6.92 Å². The number of carbonyl (C=O) groups is 1. The van der Waals surface area contributed by atoms with E-state index in [1.807, 2.05) is 20.0 Å². The first kappa shape index (κ1) is 12.0. The van der Waals surface area contributed by atoms with Gasteiger partial charge in [0.25, 0.3) is 0 Å². The third-order valence-corrected chi connectivity index (χ3v) is 3.20. The van der Waals surface area contributed by atoms with Gasteiger partial charge in [-0.1, -0.05) is 5.16 Å². The summed E-state index contributed by atoms with van der Waals surface area (Å²) in [4.78, 5) is 11.9. The van der Waals surface area contributed by atoms with Gasteiger partial charge in [0, 0.05) is 25.2 Å². The minimum Gasteiger partial charge on any atom is -0.361 e. The zero-order valence-electron chi connectivity index (χ0n) is 11.0. The molecule has 1 saturated carbocycles. The number of rotatable bonds is 4. The highest BCUT2D eigenvalue weighted by molar-refractivity contribution is 5.92. The smallest absolute Gasteiger partial charge is 0.232 e. The third-order valence-electron chi connectivity index (χ3n) is 3.20. The van der Waals surface area contributed by atoms with Crippen LogP contribution in [0.25, 0.3) is 0 Å². The zero-order chi connectivity index (χ0) is 13.4. The van der Waals surface area contributed by atoms with E-state index in [0.717, 1.165) is 17.1 Å². The van der Waals surface area contributed by atoms with Gasteiger partial charge in [-0.05, 0) is 19.8 Å². The van der Waals surface area contributed by atoms with Crippen LogP contribution in [0.2, 0.25) is 0 Å². The number of anilines is 1. The van der Waals surface area contributed by atoms with E-state index in [1.54, 1.807) is 10.9 Å². The molecule has 0 aromatic carbocycles. The van der Waals surface area contributed by atoms with Gasteiger partial charge in [-0.3, -0.25) is 9.48 Å². The minimum absolute atomic E-state index is 0.116. The molecule has 1 amide bonds. The van der Waals surface area contributed by atoms with Gasteiger partial charge in [0.1, 0.15) is 5.76 Å². The number of hydrogen-bond donors (Lipinski definition) is 1. The summed E-state index contributed by atoms with van der Waals surface area (Å²) in [6, 6.07) is 1.88. The van der Waals surface area contributed by atoms with Crippen LogP contribution in [0.1, 0.15) is 35.9 Å². The summed E-state index contributed by atoms with van der Waals surface area (Å²) < 4.78 is 6.85. The molecule has 6 heteroatoms. The first-order valence-corrected chi connectivity index (χ1v) is 6.37. The Kier molecular flexibility index (Phi) is 2.85. The fourth-order valence-corrected chi connectivity index (χ4v) is 2.06. The van der Waals surface area contributed by atoms with Gasteiger partial charge in [-0.2, -0.15) is 5.10 Å². The molecule has 19 heavy (non-hydrogen) atoms. The zero-order valence-corrected chi connectivity index (χ0v) is 11.0. The SMILES string of the molecule is Cc1nn(C)cc1NC(=O)Cc1cc(C2CC2)no1. The summed E-state index contributed by atoms with van der Waals surface area (Å²) in [5.74, 6) is 1.04. The average Bonchev–Trinajstić information content (AvgIpc) is 3.01. The maximum Gasteiger partial charge on any atom is 0.232 e. The molecule has 3 rings (SSSR count). The number of nitrogens with one attached hydrogen (secondary N) is 1. The molecule has 0 radical (unpaired) electrons. The molecule has 1 aliphatic rings. The van der Waals surface area contributed by atoms with Gasteiger partial charge in [0.15, 0.2) is 0 Å². The van der Waals surface area contributed by atoms with Crippen molar-refractivity contribution in [3.05, 3.63) is 29.4 Å². The monoisotopic (exact) mass is 260 g/mol. The largest absolute Gasteiger partial charge is 0.361 e. The van der Waals surface area contributed by atoms with Crippen LogP contribution in [-0.2, 0) is 18.3 Å². The van der Waals surface area contributed by atoms with E-state index in [1.165, 1.54) is 12.8 Å². The standard InChI is InChI=1S/C13H16N4O2/c1-8-12(7-17(2)15-8)14-13(18)6-10-5-11(16-19-10)9-3-4-9/h5,7,9H,3-4,6H2,1-2H3,(H,14,18). The van der Waals surface area contributed by atoms with Crippen LogP contribution in [0.4, 0.5) is 5.69 Å². The quantitative estimate of drug-likeness (QED) is 0.909. The maximum atomic E-state index is 11.9. The molecule has 2 heterocycles. The van der Waals surface area contributed by atoms with E-state index < -0.39 is 0 Å². The second-order valence-corrected chi connectivity index (χ2v) is 5.02. The second kappa shape index (κ2) is 4.53. The van der Waals surface area contributed by atoms with E-state index in [4.69, 9.17) is 4.52 Å². The Bertz CT molecular complexity index is 610. The molecule has 1 aliphatic carbocycles. The lowest BCUT2D eigenvalue weighted by Crippen LogP contribution is -2.14. The highest BCUT2D eigenvalue weighted by Gasteiger charge is 2.27. The van der Waals surface area contributed by atoms with Gasteiger partial charge in [-0.25, -0.2) is 0 Å². The van der Waals surface area contributed by atoms with Crippen LogP contribution in [0.15, 0.2) is 16.8 Å². The second-order valence-electron chi connectivity index (χ2n) is 5.02. The van der Waals surface area contributed by atoms with Gasteiger partial charge in [0.05, 0.1) is 23.5 Å². The van der Waals surface area contributed by atoms with Crippen molar-refractivity contribution < 1.29 is 9.32 Å². The van der Waals surface area contributed by atoms with Crippen molar-refractivity contribution >= 4 is 11.6 Å². The fraction of sp³-hybridized carbons (Fsp3) is 0.462. The molecule has 6 nitrogen and oxygen atoms in total. The first-order valence-electron chi connectivity index (χ1n) is 6.37. The molecule has 0 spiro atoms. The molecule has 1 N–H and O–H groups in total. The first-order chi connectivity index (χ1) is 9.11. The van der Waals surface area contributed by atoms with Crippen molar-refractivity contribution in [3.63, 3.8) is 0 Å². The van der Waals surface area contributed by atoms with Crippen molar-refractivity contribution in [1.29, 1.82) is 0 Å². The highest BCUT2D eigenvalue weighted by atomic mass is 16.5. The highest BCUT2D eigenvalue weighted by Crippen LogP contribution is 2.39. The van der Waals surface area contributed by atoms with Crippen molar-refractivity contribution in [3.8, 4) is 0 Å². The molecule has 0 unspecified atom stereocenters. The van der Waals surface area contributed by atoms with Gasteiger partial charge in [0.2, 0.25) is 5.91 Å². The van der Waals surface area contributed by atoms with Crippen LogP contribution in [-0.4, -0.2) is 20.8 Å². The Balaban J connectivity index is 1.62. The molecule has 0 aliphatic heterocycles. The summed E-state index contributed by atoms with van der Waals surface area (Å²) >= 11 is 0. The Hall–Kier alpha value is -2.11. The number of hydrogen-bond acceptors (Lipinski definition) is 4. The summed E-state index contributed by atoms with van der Waals surface area (Å²) in [6.45, 7) is 1.86. The van der Waals surface area contributed by atoms with E-state index in [9.17, 15) is 4.79 Å². The number of aryl methyl sites for hydroxylation is 2. The number of nitrogens with zero attached hydrogens (tertiary/aromatic N) is 3. The Morgan fingerprint density at radius 1 is 1.58 bits per heavy atom. The predicted octanol–water partition coefficient (Wildman–Crippen LogP) is 1.78. The average molecular weight is 260 g/mol. The molecule has 0 bridgehead atoms. The molecule has 0 atom stereocenters. The summed E-state index contributed by atoms with van der Waals surface area (Å²) in [6.07, 6.45) is 4.33. The minimum atomic E-state index is -0.116. The predicted molar refractivity (Wildman–Crippen MR) is 68.8 cm³/mol. The molecule has 0 saturated heterocycles. The molecule has 1 fully saturated rings. The Morgan fingerprint density at radius 3 is 3.00 bits per heavy atom. The van der Waals surface area contributed by atoms with Gasteiger partial charge >= 0.3 is 0 Å². The van der Waals surface area contributed by atoms with Crippen molar-refractivity contribution in [2.45, 2.75) is 32.1 Å². The normalized spacial score (nSPS) is 14.6. The molecule has 2 aromatic heterocycles. The summed E-state index contributed by atoms with van der Waals surface area (Å²) in [5, 5.41) is 11.0. The van der Waals surface area contributed by atoms with Crippen LogP contribution in [0.5, 0.6) is 0 Å². The lowest BCUT2D eigenvalue weighted by Gasteiger charge is -2.00. The van der Waals surface area contributed by atoms with Crippen molar-refractivity contribution in [1.82, 2.24) is 14.9 Å². The van der Waals surface area contributed by atoms with Crippen molar-refractivity contribution in [2.24, 2.45) is 7.05 Å². The fourth-order valence-electron chi connectivity index (χ4n) is 2.06. The lowest BCUT2D eigenvalue weighted by atomic mass is 10.2. The van der Waals surface area contributed by atoms with Crippen LogP contribution < -0.4 is 5.32 Å². The maximum absolute atomic E-state index is 11.9. The van der Waals surface area contributed by atoms with Gasteiger partial charge < -0.3 is 9.84 Å². The number of amides is 1. The number of aromatic nitrogens is 3. The Morgan fingerprint density at radius 2 is 2.37 bits per heavy atom. The van der Waals surface area contributed by atoms with E-state index in [-0.39, 0.29) is 12.3 Å². The molecular formula is C13H16N4O2. The molecular weight excluding hydrogens is 244 g/mol. The van der Waals surface area contributed by atoms with E-state index >= 15 is 0 Å². The van der Waals surface area contributed by atoms with Crippen molar-refractivity contribution in [2.75, 3.05) is 5.32 Å². The van der Waals surface area contributed by atoms with E-state index in [0.29, 0.717) is 11.7 Å². The third kappa shape index (κ3) is 2.67. The lowest BCUT2D eigenvalue weighted by molar-refractivity contribution is -0.115. The number of carbonyl (C=O) groups excluding carboxylic acids is 1. The summed E-state index contributed by atoms with van der Waals surface area (Å²) in [7, 11) is 1.82. The van der Waals surface area contributed by atoms with Gasteiger partial charge in [-0.15, -0.1) is 0 Å². The molecule has 2 aromatic rings. The van der Waals surface area contributed by atoms with E-state index in [2.05, 4.69) is 15.6 Å².